The Morgan fingerprint density at radius 3 is 1.76 bits per heavy atom. The molecule has 0 bridgehead atoms. The molecule has 45 heavy (non-hydrogen) atoms. The average molecular weight is 592 g/mol. The molecule has 0 atom stereocenters. The molecule has 1 heterocycles. The summed E-state index contributed by atoms with van der Waals surface area (Å²) < 4.78 is 44.5. The van der Waals surface area contributed by atoms with Gasteiger partial charge < -0.3 is 0 Å². The second kappa shape index (κ2) is 10.7. The largest absolute Gasteiger partial charge is 0.277 e. The third-order valence-electron chi connectivity index (χ3n) is 7.56. The average Bonchev–Trinajstić information content (AvgIpc) is 3.06. The number of fused-ring (bicyclic) bond motifs is 3. The number of aromatic nitrogens is 1. The number of nitrogens with zero attached hydrogens (tertiary/aromatic N) is 5. The van der Waals surface area contributed by atoms with Crippen LogP contribution in [0.3, 0.4) is 0 Å². The molecule has 1 aliphatic rings. The summed E-state index contributed by atoms with van der Waals surface area (Å²) in [6, 6.07) is 24.6. The molecule has 0 amide bonds. The molecular formula is C35H16F3N7+2. The van der Waals surface area contributed by atoms with Crippen LogP contribution in [0, 0.1) is 62.8 Å². The van der Waals surface area contributed by atoms with Gasteiger partial charge in [-0.15, -0.1) is 0 Å². The molecule has 0 fully saturated rings. The Morgan fingerprint density at radius 1 is 0.600 bits per heavy atom. The van der Waals surface area contributed by atoms with Gasteiger partial charge in [-0.3, -0.25) is 0 Å². The van der Waals surface area contributed by atoms with Gasteiger partial charge in [-0.2, -0.15) is 21.0 Å². The van der Waals surface area contributed by atoms with Crippen LogP contribution in [0.5, 0.6) is 0 Å². The van der Waals surface area contributed by atoms with Crippen LogP contribution in [-0.4, -0.2) is 16.4 Å². The van der Waals surface area contributed by atoms with Gasteiger partial charge in [-0.25, -0.2) is 29.0 Å². The smallest absolute Gasteiger partial charge is 0.248 e. The van der Waals surface area contributed by atoms with Crippen LogP contribution in [0.1, 0.15) is 38.9 Å². The van der Waals surface area contributed by atoms with E-state index in [-0.39, 0.29) is 28.1 Å². The van der Waals surface area contributed by atoms with Gasteiger partial charge in [0.15, 0.2) is 17.5 Å². The van der Waals surface area contributed by atoms with Crippen LogP contribution < -0.4 is 10.8 Å². The lowest BCUT2D eigenvalue weighted by molar-refractivity contribution is -0.130. The molecule has 5 aromatic rings. The Hall–Kier alpha value is -6.88. The fraction of sp³-hybridized carbons (Fsp3) is 0. The van der Waals surface area contributed by atoms with Crippen LogP contribution in [0.4, 0.5) is 13.2 Å². The summed E-state index contributed by atoms with van der Waals surface area (Å²) in [6.07, 6.45) is 1.76. The molecule has 0 saturated carbocycles. The molecule has 0 saturated heterocycles. The van der Waals surface area contributed by atoms with Gasteiger partial charge in [0.25, 0.3) is 11.4 Å². The highest BCUT2D eigenvalue weighted by Gasteiger charge is 2.35. The third-order valence-corrected chi connectivity index (χ3v) is 7.56. The maximum Gasteiger partial charge on any atom is 0.277 e. The minimum absolute atomic E-state index is 0.0419. The van der Waals surface area contributed by atoms with Crippen molar-refractivity contribution in [2.45, 2.75) is 0 Å². The van der Waals surface area contributed by atoms with E-state index in [0.29, 0.717) is 39.0 Å². The molecule has 1 aromatic heterocycles. The molecule has 0 spiro atoms. The molecule has 4 aromatic carbocycles. The van der Waals surface area contributed by atoms with Gasteiger partial charge in [0, 0.05) is 16.5 Å². The van der Waals surface area contributed by atoms with Crippen molar-refractivity contribution in [2.75, 3.05) is 0 Å². The Labute approximate surface area is 253 Å². The molecule has 0 radical (unpaired) electrons. The highest BCUT2D eigenvalue weighted by atomic mass is 19.1. The number of benzene rings is 4. The van der Waals surface area contributed by atoms with Gasteiger partial charge in [-0.1, -0.05) is 42.5 Å². The maximum absolute atomic E-state index is 15.1. The molecule has 7 nitrogen and oxygen atoms in total. The van der Waals surface area contributed by atoms with E-state index in [2.05, 4.69) is 12.1 Å². The monoisotopic (exact) mass is 591 g/mol. The van der Waals surface area contributed by atoms with E-state index in [0.717, 1.165) is 5.39 Å². The van der Waals surface area contributed by atoms with E-state index in [1.165, 1.54) is 42.5 Å². The van der Waals surface area contributed by atoms with E-state index in [1.807, 2.05) is 24.3 Å². The number of rotatable bonds is 3. The van der Waals surface area contributed by atoms with Gasteiger partial charge in [0.2, 0.25) is 0 Å². The summed E-state index contributed by atoms with van der Waals surface area (Å²) in [7, 11) is 0. The van der Waals surface area contributed by atoms with Crippen molar-refractivity contribution in [3.63, 3.8) is 0 Å². The lowest BCUT2D eigenvalue weighted by atomic mass is 9.82. The van der Waals surface area contributed by atoms with E-state index >= 15 is 8.78 Å². The number of nitrogens with two attached hydrogens (primary N) is 2. The van der Waals surface area contributed by atoms with Crippen molar-refractivity contribution in [1.82, 2.24) is 4.98 Å². The number of hydrogen-bond acceptors (Lipinski definition) is 5. The zero-order valence-corrected chi connectivity index (χ0v) is 23.0. The number of hydrogen-bond donors (Lipinski definition) is 2. The first-order valence-electron chi connectivity index (χ1n) is 13.2. The van der Waals surface area contributed by atoms with Crippen LogP contribution in [-0.2, 0) is 0 Å². The molecule has 210 valence electrons. The van der Waals surface area contributed by atoms with E-state index in [4.69, 9.17) is 15.8 Å². The quantitative estimate of drug-likeness (QED) is 0.326. The van der Waals surface area contributed by atoms with Crippen molar-refractivity contribution in [3.8, 4) is 46.7 Å². The SMILES string of the molecule is N#Cc1cc(C#N)cc(-c2nc3ccccc3c3c2C=C(c2ccc(-c4c(F)c(C#N)c(F)c(C#N)c4F)cc2)C(=[NH2+])C3=[NH2+])c1. The fourth-order valence-electron chi connectivity index (χ4n) is 5.44. The third kappa shape index (κ3) is 4.39. The lowest BCUT2D eigenvalue weighted by Crippen LogP contribution is -2.57. The van der Waals surface area contributed by atoms with E-state index in [1.54, 1.807) is 18.2 Å². The van der Waals surface area contributed by atoms with Gasteiger partial charge in [0.05, 0.1) is 51.2 Å². The normalized spacial score (nSPS) is 12.0. The fourth-order valence-corrected chi connectivity index (χ4v) is 5.44. The molecule has 1 aliphatic carbocycles. The Kier molecular flexibility index (Phi) is 6.75. The topological polar surface area (TPSA) is 159 Å². The van der Waals surface area contributed by atoms with Crippen molar-refractivity contribution >= 4 is 34.0 Å². The first-order valence-corrected chi connectivity index (χ1v) is 13.2. The highest BCUT2D eigenvalue weighted by molar-refractivity contribution is 6.62. The van der Waals surface area contributed by atoms with Crippen LogP contribution >= 0.6 is 0 Å². The van der Waals surface area contributed by atoms with E-state index < -0.39 is 34.1 Å². The lowest BCUT2D eigenvalue weighted by Gasteiger charge is -2.19. The van der Waals surface area contributed by atoms with Gasteiger partial charge in [0.1, 0.15) is 23.3 Å². The van der Waals surface area contributed by atoms with Crippen molar-refractivity contribution in [2.24, 2.45) is 0 Å². The van der Waals surface area contributed by atoms with Crippen molar-refractivity contribution < 1.29 is 24.0 Å². The standard InChI is InChI=1S/C35H14F3N7/c36-30-25(15-41)31(37)28(32(38)26(30)16-42)20-7-5-19(6-8-20)23-12-24-29(34(44)33(23)43)22-3-1-2-4-27(22)45-35(24)21-10-17(13-39)9-18(11-21)14-40/h1-12,43-44H/p+2. The first-order chi connectivity index (χ1) is 21.7. The Morgan fingerprint density at radius 2 is 1.18 bits per heavy atom. The number of halogens is 3. The summed E-state index contributed by atoms with van der Waals surface area (Å²) in [5.74, 6) is -4.41. The number of pyridine rings is 1. The van der Waals surface area contributed by atoms with E-state index in [9.17, 15) is 25.4 Å². The molecule has 10 heteroatoms. The Bertz CT molecular complexity index is 2310. The minimum Gasteiger partial charge on any atom is -0.248 e. The molecule has 4 N–H and O–H groups in total. The molecule has 6 rings (SSSR count). The second-order valence-corrected chi connectivity index (χ2v) is 10.0. The Balaban J connectivity index is 1.57. The van der Waals surface area contributed by atoms with Crippen molar-refractivity contribution in [1.29, 1.82) is 21.0 Å². The van der Waals surface area contributed by atoms with Crippen LogP contribution in [0.25, 0.3) is 44.9 Å². The zero-order valence-electron chi connectivity index (χ0n) is 23.0. The summed E-state index contributed by atoms with van der Waals surface area (Å²) >= 11 is 0. The number of para-hydroxylation sites is 1. The summed E-state index contributed by atoms with van der Waals surface area (Å²) in [5.41, 5.74) is 1.83. The van der Waals surface area contributed by atoms with Gasteiger partial charge in [-0.05, 0) is 41.5 Å². The van der Waals surface area contributed by atoms with Crippen LogP contribution in [0.2, 0.25) is 0 Å². The maximum atomic E-state index is 15.1. The summed E-state index contributed by atoms with van der Waals surface area (Å²) in [5, 5.41) is 51.6. The van der Waals surface area contributed by atoms with Crippen molar-refractivity contribution in [3.05, 3.63) is 123 Å². The highest BCUT2D eigenvalue weighted by Crippen LogP contribution is 2.38. The molecular weight excluding hydrogens is 575 g/mol. The predicted octanol–water partition coefficient (Wildman–Crippen LogP) is 3.78. The number of nitriles is 4. The number of allylic oxidation sites excluding steroid dienone is 1. The van der Waals surface area contributed by atoms with Crippen LogP contribution in [0.15, 0.2) is 66.7 Å². The first kappa shape index (κ1) is 28.2. The molecule has 0 unspecified atom stereocenters. The predicted molar refractivity (Wildman–Crippen MR) is 159 cm³/mol. The summed E-state index contributed by atoms with van der Waals surface area (Å²) in [4.78, 5) is 4.86. The minimum atomic E-state index is -1.56. The summed E-state index contributed by atoms with van der Waals surface area (Å²) in [6.45, 7) is 0. The van der Waals surface area contributed by atoms with Gasteiger partial charge >= 0.3 is 0 Å². The molecule has 0 aliphatic heterocycles. The zero-order chi connectivity index (χ0) is 32.0. The second-order valence-electron chi connectivity index (χ2n) is 10.0.